The van der Waals surface area contributed by atoms with Crippen LogP contribution in [-0.2, 0) is 24.9 Å². The van der Waals surface area contributed by atoms with Gasteiger partial charge in [-0.1, -0.05) is 45.9 Å². The van der Waals surface area contributed by atoms with Crippen LogP contribution in [0.3, 0.4) is 0 Å². The summed E-state index contributed by atoms with van der Waals surface area (Å²) in [5, 5.41) is 2.91. The minimum absolute atomic E-state index is 0.112. The molecule has 1 aliphatic heterocycles. The zero-order chi connectivity index (χ0) is 26.6. The van der Waals surface area contributed by atoms with Gasteiger partial charge in [0.25, 0.3) is 0 Å². The van der Waals surface area contributed by atoms with Crippen molar-refractivity contribution in [3.63, 3.8) is 0 Å². The summed E-state index contributed by atoms with van der Waals surface area (Å²) in [5.74, 6) is 0. The maximum absolute atomic E-state index is 12.5. The van der Waals surface area contributed by atoms with Gasteiger partial charge in [0.1, 0.15) is 5.60 Å². The predicted octanol–water partition coefficient (Wildman–Crippen LogP) is 6.88. The second kappa shape index (κ2) is 8.95. The number of nitrogens with one attached hydrogen (secondary N) is 1. The highest BCUT2D eigenvalue weighted by Crippen LogP contribution is 2.47. The van der Waals surface area contributed by atoms with Crippen LogP contribution in [0.15, 0.2) is 17.6 Å². The Balaban J connectivity index is 2.03. The highest BCUT2D eigenvalue weighted by atomic mass is 16.7. The standard InChI is InChI=1S/C29H46BNO4/c1-19-15-22-23(27(7,8)14-13-26(22,5)6)17-20(19)16-21(18-31-24(32)33-25(2,3)4)30-34-28(9,10)29(11,12)35-30/h15-17H,13-14,18H2,1-12H3,(H,31,32). The molecule has 5 nitrogen and oxygen atoms in total. The van der Waals surface area contributed by atoms with Crippen molar-refractivity contribution in [3.05, 3.63) is 39.9 Å². The molecule has 0 bridgehead atoms. The first-order chi connectivity index (χ1) is 15.7. The molecule has 1 fully saturated rings. The molecule has 35 heavy (non-hydrogen) atoms. The molecule has 3 rings (SSSR count). The maximum atomic E-state index is 12.5. The Bertz CT molecular complexity index is 998. The molecule has 1 saturated heterocycles. The summed E-state index contributed by atoms with van der Waals surface area (Å²) in [5.41, 5.74) is 4.80. The van der Waals surface area contributed by atoms with Crippen molar-refractivity contribution in [1.29, 1.82) is 0 Å². The first-order valence-corrected chi connectivity index (χ1v) is 12.9. The Labute approximate surface area is 213 Å². The first-order valence-electron chi connectivity index (χ1n) is 12.9. The van der Waals surface area contributed by atoms with E-state index >= 15 is 0 Å². The van der Waals surface area contributed by atoms with Crippen LogP contribution >= 0.6 is 0 Å². The Hall–Kier alpha value is -1.79. The van der Waals surface area contributed by atoms with E-state index in [0.29, 0.717) is 0 Å². The lowest BCUT2D eigenvalue weighted by Gasteiger charge is -2.42. The van der Waals surface area contributed by atoms with Crippen LogP contribution < -0.4 is 5.32 Å². The Morgan fingerprint density at radius 1 is 0.971 bits per heavy atom. The van der Waals surface area contributed by atoms with E-state index < -0.39 is 30.0 Å². The summed E-state index contributed by atoms with van der Waals surface area (Å²) >= 11 is 0. The molecule has 2 aliphatic rings. The number of carbonyl (C=O) groups is 1. The predicted molar refractivity (Wildman–Crippen MR) is 145 cm³/mol. The molecule has 0 saturated carbocycles. The minimum Gasteiger partial charge on any atom is -0.444 e. The van der Waals surface area contributed by atoms with Gasteiger partial charge < -0.3 is 19.4 Å². The highest BCUT2D eigenvalue weighted by Gasteiger charge is 2.52. The lowest BCUT2D eigenvalue weighted by Crippen LogP contribution is -2.41. The lowest BCUT2D eigenvalue weighted by atomic mass is 9.62. The minimum atomic E-state index is -0.564. The van der Waals surface area contributed by atoms with E-state index in [-0.39, 0.29) is 17.4 Å². The fourth-order valence-corrected chi connectivity index (χ4v) is 4.78. The van der Waals surface area contributed by atoms with E-state index in [2.05, 4.69) is 58.1 Å². The molecule has 1 aromatic rings. The third-order valence-electron chi connectivity index (χ3n) is 7.97. The van der Waals surface area contributed by atoms with Crippen LogP contribution in [0.1, 0.15) is 111 Å². The molecular formula is C29H46BNO4. The van der Waals surface area contributed by atoms with Crippen LogP contribution in [0.4, 0.5) is 4.79 Å². The van der Waals surface area contributed by atoms with Gasteiger partial charge in [-0.2, -0.15) is 0 Å². The van der Waals surface area contributed by atoms with E-state index in [0.717, 1.165) is 17.5 Å². The number of rotatable bonds is 4. The van der Waals surface area contributed by atoms with Crippen molar-refractivity contribution in [3.8, 4) is 0 Å². The topological polar surface area (TPSA) is 56.8 Å². The zero-order valence-corrected chi connectivity index (χ0v) is 24.1. The smallest absolute Gasteiger partial charge is 0.444 e. The molecule has 1 heterocycles. The molecule has 1 N–H and O–H groups in total. The van der Waals surface area contributed by atoms with Crippen LogP contribution in [-0.4, -0.2) is 36.6 Å². The van der Waals surface area contributed by atoms with Gasteiger partial charge in [-0.05, 0) is 107 Å². The number of ether oxygens (including phenoxy) is 1. The van der Waals surface area contributed by atoms with Gasteiger partial charge in [-0.3, -0.25) is 0 Å². The van der Waals surface area contributed by atoms with Crippen molar-refractivity contribution < 1.29 is 18.8 Å². The molecule has 0 atom stereocenters. The summed E-state index contributed by atoms with van der Waals surface area (Å²) in [6.45, 7) is 25.5. The van der Waals surface area contributed by atoms with Crippen LogP contribution in [0.25, 0.3) is 6.08 Å². The van der Waals surface area contributed by atoms with Crippen molar-refractivity contribution in [2.45, 2.75) is 124 Å². The highest BCUT2D eigenvalue weighted by molar-refractivity contribution is 6.56. The third-order valence-corrected chi connectivity index (χ3v) is 7.97. The normalized spacial score (nSPS) is 22.5. The molecule has 6 heteroatoms. The number of hydrogen-bond donors (Lipinski definition) is 1. The zero-order valence-electron chi connectivity index (χ0n) is 24.1. The van der Waals surface area contributed by atoms with E-state index in [1.165, 1.54) is 23.1 Å². The van der Waals surface area contributed by atoms with E-state index in [9.17, 15) is 4.79 Å². The Morgan fingerprint density at radius 3 is 1.94 bits per heavy atom. The number of fused-ring (bicyclic) bond motifs is 1. The molecular weight excluding hydrogens is 437 g/mol. The molecule has 0 aromatic heterocycles. The molecule has 1 aromatic carbocycles. The van der Waals surface area contributed by atoms with Crippen LogP contribution in [0, 0.1) is 6.92 Å². The van der Waals surface area contributed by atoms with Crippen molar-refractivity contribution >= 4 is 19.3 Å². The summed E-state index contributed by atoms with van der Waals surface area (Å²) in [6.07, 6.45) is 4.02. The van der Waals surface area contributed by atoms with E-state index in [1.54, 1.807) is 0 Å². The molecule has 194 valence electrons. The second-order valence-electron chi connectivity index (χ2n) is 13.7. The van der Waals surface area contributed by atoms with Gasteiger partial charge in [-0.25, -0.2) is 4.79 Å². The summed E-state index contributed by atoms with van der Waals surface area (Å²) in [7, 11) is -0.560. The van der Waals surface area contributed by atoms with Gasteiger partial charge in [0.05, 0.1) is 11.2 Å². The molecule has 0 unspecified atom stereocenters. The number of benzene rings is 1. The summed E-state index contributed by atoms with van der Waals surface area (Å²) in [4.78, 5) is 12.5. The number of alkyl carbamates (subject to hydrolysis) is 1. The van der Waals surface area contributed by atoms with Crippen molar-refractivity contribution in [2.24, 2.45) is 0 Å². The number of aryl methyl sites for hydroxylation is 1. The summed E-state index contributed by atoms with van der Waals surface area (Å²) < 4.78 is 18.2. The number of amides is 1. The van der Waals surface area contributed by atoms with Crippen LogP contribution in [0.5, 0.6) is 0 Å². The van der Waals surface area contributed by atoms with Crippen LogP contribution in [0.2, 0.25) is 0 Å². The van der Waals surface area contributed by atoms with Crippen molar-refractivity contribution in [1.82, 2.24) is 5.32 Å². The largest absolute Gasteiger partial charge is 0.492 e. The second-order valence-corrected chi connectivity index (χ2v) is 13.7. The van der Waals surface area contributed by atoms with E-state index in [4.69, 9.17) is 14.0 Å². The number of hydrogen-bond acceptors (Lipinski definition) is 4. The van der Waals surface area contributed by atoms with Gasteiger partial charge in [0, 0.05) is 6.54 Å². The van der Waals surface area contributed by atoms with Gasteiger partial charge in [0.2, 0.25) is 0 Å². The molecule has 0 radical (unpaired) electrons. The SMILES string of the molecule is Cc1cc2c(cc1C=C(CNC(=O)OC(C)(C)C)B1OC(C)(C)C(C)(C)O1)C(C)(C)CCC2(C)C. The molecule has 1 aliphatic carbocycles. The van der Waals surface area contributed by atoms with Gasteiger partial charge >= 0.3 is 13.2 Å². The maximum Gasteiger partial charge on any atom is 0.492 e. The fraction of sp³-hybridized carbons (Fsp3) is 0.690. The Kier molecular flexibility index (Phi) is 7.11. The lowest BCUT2D eigenvalue weighted by molar-refractivity contribution is 0.00578. The Morgan fingerprint density at radius 2 is 1.46 bits per heavy atom. The molecule has 1 amide bonds. The molecule has 0 spiro atoms. The average Bonchev–Trinajstić information content (AvgIpc) is 2.89. The van der Waals surface area contributed by atoms with E-state index in [1.807, 2.05) is 48.5 Å². The number of carbonyl (C=O) groups excluding carboxylic acids is 1. The fourth-order valence-electron chi connectivity index (χ4n) is 4.78. The van der Waals surface area contributed by atoms with Gasteiger partial charge in [-0.15, -0.1) is 0 Å². The first kappa shape index (κ1) is 27.8. The average molecular weight is 484 g/mol. The van der Waals surface area contributed by atoms with Gasteiger partial charge in [0.15, 0.2) is 0 Å². The summed E-state index contributed by atoms with van der Waals surface area (Å²) in [6, 6.07) is 4.69. The van der Waals surface area contributed by atoms with Crippen molar-refractivity contribution in [2.75, 3.05) is 6.54 Å². The third kappa shape index (κ3) is 5.97. The quantitative estimate of drug-likeness (QED) is 0.474. The monoisotopic (exact) mass is 483 g/mol.